The average molecular weight is 849 g/mol. The average Bonchev–Trinajstić information content (AvgIpc) is 4.17. The summed E-state index contributed by atoms with van der Waals surface area (Å²) in [6, 6.07) is 32.0. The zero-order valence-corrected chi connectivity index (χ0v) is 35.8. The number of H-pyrrole nitrogens is 2. The van der Waals surface area contributed by atoms with Crippen molar-refractivity contribution in [2.24, 2.45) is 5.92 Å². The SMILES string of the molecule is COC(=O)N[C@H](C(=O)N1CCC[C@H]1c1ncc(-c2ccc(-c3ccc(-c4cnc([C@@H]5CCCN5C(=O)[C@H](NC(=O)OC)c5ccccc5)[nH]4)cc3)c(-c3ccccc3)c2)[nH]1)C(C)C. The van der Waals surface area contributed by atoms with Crippen LogP contribution in [-0.4, -0.2) is 87.1 Å². The topological polar surface area (TPSA) is 175 Å². The molecule has 2 saturated heterocycles. The first-order valence-electron chi connectivity index (χ1n) is 21.4. The molecule has 14 heteroatoms. The van der Waals surface area contributed by atoms with Gasteiger partial charge in [0.2, 0.25) is 5.91 Å². The Bertz CT molecular complexity index is 2560. The first-order valence-corrected chi connectivity index (χ1v) is 21.4. The Morgan fingerprint density at radius 3 is 1.71 bits per heavy atom. The fraction of sp³-hybridized carbons (Fsp3) is 0.306. The van der Waals surface area contributed by atoms with Gasteiger partial charge in [0, 0.05) is 18.7 Å². The molecular formula is C49H52N8O6. The largest absolute Gasteiger partial charge is 0.453 e. The van der Waals surface area contributed by atoms with Crippen LogP contribution in [0.4, 0.5) is 9.59 Å². The van der Waals surface area contributed by atoms with Crippen molar-refractivity contribution in [2.45, 2.75) is 63.7 Å². The van der Waals surface area contributed by atoms with Gasteiger partial charge in [0.1, 0.15) is 23.7 Å². The highest BCUT2D eigenvalue weighted by molar-refractivity contribution is 5.89. The van der Waals surface area contributed by atoms with Crippen molar-refractivity contribution < 1.29 is 28.7 Å². The molecule has 2 aliphatic heterocycles. The van der Waals surface area contributed by atoms with E-state index in [1.54, 1.807) is 11.1 Å². The number of alkyl carbamates (subject to hydrolysis) is 2. The first kappa shape index (κ1) is 42.5. The second-order valence-electron chi connectivity index (χ2n) is 16.3. The number of nitrogens with one attached hydrogen (secondary N) is 4. The van der Waals surface area contributed by atoms with Crippen LogP contribution in [0, 0.1) is 5.92 Å². The Hall–Kier alpha value is -7.22. The molecule has 8 rings (SSSR count). The number of hydrogen-bond donors (Lipinski definition) is 4. The monoisotopic (exact) mass is 848 g/mol. The van der Waals surface area contributed by atoms with Crippen molar-refractivity contribution in [1.29, 1.82) is 0 Å². The molecule has 0 saturated carbocycles. The van der Waals surface area contributed by atoms with Gasteiger partial charge in [-0.1, -0.05) is 111 Å². The number of imidazole rings is 2. The minimum absolute atomic E-state index is 0.125. The number of ether oxygens (including phenoxy) is 2. The smallest absolute Gasteiger partial charge is 0.407 e. The van der Waals surface area contributed by atoms with E-state index < -0.39 is 24.3 Å². The van der Waals surface area contributed by atoms with Crippen molar-refractivity contribution in [2.75, 3.05) is 27.3 Å². The van der Waals surface area contributed by atoms with Crippen molar-refractivity contribution >= 4 is 24.0 Å². The number of nitrogens with zero attached hydrogens (tertiary/aromatic N) is 4. The van der Waals surface area contributed by atoms with Gasteiger partial charge >= 0.3 is 12.2 Å². The Balaban J connectivity index is 1.02. The van der Waals surface area contributed by atoms with E-state index in [4.69, 9.17) is 19.4 Å². The Morgan fingerprint density at radius 2 is 1.13 bits per heavy atom. The lowest BCUT2D eigenvalue weighted by Crippen LogP contribution is -2.51. The number of hydrogen-bond acceptors (Lipinski definition) is 8. The molecule has 4 amide bonds. The van der Waals surface area contributed by atoms with Crippen LogP contribution in [0.5, 0.6) is 0 Å². The van der Waals surface area contributed by atoms with E-state index in [1.807, 2.05) is 73.5 Å². The molecule has 2 aliphatic rings. The molecule has 6 aromatic rings. The maximum absolute atomic E-state index is 14.0. The third kappa shape index (κ3) is 9.06. The van der Waals surface area contributed by atoms with Gasteiger partial charge in [0.15, 0.2) is 0 Å². The molecule has 0 bridgehead atoms. The molecule has 14 nitrogen and oxygen atoms in total. The predicted octanol–water partition coefficient (Wildman–Crippen LogP) is 8.61. The summed E-state index contributed by atoms with van der Waals surface area (Å²) in [5, 5.41) is 5.44. The molecule has 4 atom stereocenters. The summed E-state index contributed by atoms with van der Waals surface area (Å²) >= 11 is 0. The zero-order chi connectivity index (χ0) is 44.0. The van der Waals surface area contributed by atoms with Crippen LogP contribution in [0.15, 0.2) is 116 Å². The molecular weight excluding hydrogens is 797 g/mol. The highest BCUT2D eigenvalue weighted by Gasteiger charge is 2.39. The molecule has 63 heavy (non-hydrogen) atoms. The minimum Gasteiger partial charge on any atom is -0.453 e. The molecule has 4 N–H and O–H groups in total. The normalized spacial score (nSPS) is 17.0. The number of likely N-dealkylation sites (tertiary alicyclic amines) is 2. The van der Waals surface area contributed by atoms with Crippen LogP contribution >= 0.6 is 0 Å². The van der Waals surface area contributed by atoms with Gasteiger partial charge in [-0.15, -0.1) is 0 Å². The van der Waals surface area contributed by atoms with Crippen molar-refractivity contribution in [3.05, 3.63) is 133 Å². The summed E-state index contributed by atoms with van der Waals surface area (Å²) in [7, 11) is 2.57. The molecule has 0 spiro atoms. The van der Waals surface area contributed by atoms with Crippen LogP contribution in [0.3, 0.4) is 0 Å². The van der Waals surface area contributed by atoms with E-state index in [0.717, 1.165) is 70.5 Å². The number of benzene rings is 4. The van der Waals surface area contributed by atoms with Crippen LogP contribution in [0.1, 0.15) is 74.9 Å². The molecule has 4 aromatic carbocycles. The Labute approximate surface area is 366 Å². The van der Waals surface area contributed by atoms with E-state index in [0.29, 0.717) is 30.3 Å². The minimum atomic E-state index is -0.893. The number of aromatic nitrogens is 4. The molecule has 0 unspecified atom stereocenters. The summed E-state index contributed by atoms with van der Waals surface area (Å²) < 4.78 is 9.65. The molecule has 2 aromatic heterocycles. The van der Waals surface area contributed by atoms with Crippen molar-refractivity contribution in [3.63, 3.8) is 0 Å². The van der Waals surface area contributed by atoms with Crippen LogP contribution in [-0.2, 0) is 19.1 Å². The fourth-order valence-electron chi connectivity index (χ4n) is 8.74. The first-order chi connectivity index (χ1) is 30.6. The van der Waals surface area contributed by atoms with Gasteiger partial charge in [0.25, 0.3) is 5.91 Å². The number of rotatable bonds is 12. The summed E-state index contributed by atoms with van der Waals surface area (Å²) in [6.45, 7) is 4.92. The molecule has 2 fully saturated rings. The maximum Gasteiger partial charge on any atom is 0.407 e. The Kier molecular flexibility index (Phi) is 12.7. The van der Waals surface area contributed by atoms with Gasteiger partial charge in [-0.25, -0.2) is 19.6 Å². The third-order valence-corrected chi connectivity index (χ3v) is 12.0. The zero-order valence-electron chi connectivity index (χ0n) is 35.8. The summed E-state index contributed by atoms with van der Waals surface area (Å²) in [5.41, 5.74) is 8.45. The lowest BCUT2D eigenvalue weighted by atomic mass is 9.91. The number of methoxy groups -OCH3 is 2. The van der Waals surface area contributed by atoms with Gasteiger partial charge in [0.05, 0.1) is 50.1 Å². The van der Waals surface area contributed by atoms with Gasteiger partial charge < -0.3 is 39.9 Å². The van der Waals surface area contributed by atoms with Crippen molar-refractivity contribution in [1.82, 2.24) is 40.4 Å². The Morgan fingerprint density at radius 1 is 0.619 bits per heavy atom. The molecule has 4 heterocycles. The molecule has 324 valence electrons. The number of carbonyl (C=O) groups is 4. The molecule has 0 aliphatic carbocycles. The highest BCUT2D eigenvalue weighted by Crippen LogP contribution is 2.39. The van der Waals surface area contributed by atoms with E-state index >= 15 is 0 Å². The number of carbonyl (C=O) groups excluding carboxylic acids is 4. The summed E-state index contributed by atoms with van der Waals surface area (Å²) in [5.74, 6) is 0.903. The maximum atomic E-state index is 14.0. The van der Waals surface area contributed by atoms with E-state index in [9.17, 15) is 19.2 Å². The fourth-order valence-corrected chi connectivity index (χ4v) is 8.74. The molecule has 0 radical (unpaired) electrons. The highest BCUT2D eigenvalue weighted by atomic mass is 16.5. The van der Waals surface area contributed by atoms with Crippen LogP contribution in [0.2, 0.25) is 0 Å². The van der Waals surface area contributed by atoms with E-state index in [1.165, 1.54) is 14.2 Å². The standard InChI is InChI=1S/C49H52N8O6/c1-30(2)42(54-48(60)62-3)46(58)56-25-11-17-40(56)45-51-29-39(53-45)35-23-24-36(37(27-35)31-13-7-5-8-14-31)32-19-21-33(22-20-32)38-28-50-44(52-38)41-18-12-26-57(41)47(59)43(55-49(61)63-4)34-15-9-6-10-16-34/h5-10,13-16,19-24,27-30,40-43H,11-12,17-18,25-26H2,1-4H3,(H,50,52)(H,51,53)(H,54,60)(H,55,61)/t40-,41-,42-,43+/m0/s1. The van der Waals surface area contributed by atoms with Crippen LogP contribution in [0.25, 0.3) is 44.8 Å². The van der Waals surface area contributed by atoms with Gasteiger partial charge in [-0.05, 0) is 71.0 Å². The van der Waals surface area contributed by atoms with E-state index in [-0.39, 0.29) is 29.8 Å². The second kappa shape index (κ2) is 18.8. The lowest BCUT2D eigenvalue weighted by Gasteiger charge is -2.30. The quantitative estimate of drug-likeness (QED) is 0.0947. The second-order valence-corrected chi connectivity index (χ2v) is 16.3. The summed E-state index contributed by atoms with van der Waals surface area (Å²) in [6.07, 6.45) is 5.45. The number of amides is 4. The third-order valence-electron chi connectivity index (χ3n) is 12.0. The van der Waals surface area contributed by atoms with Gasteiger partial charge in [-0.2, -0.15) is 0 Å². The summed E-state index contributed by atoms with van der Waals surface area (Å²) in [4.78, 5) is 72.3. The van der Waals surface area contributed by atoms with E-state index in [2.05, 4.69) is 75.2 Å². The predicted molar refractivity (Wildman–Crippen MR) is 239 cm³/mol. The van der Waals surface area contributed by atoms with Gasteiger partial charge in [-0.3, -0.25) is 9.59 Å². The van der Waals surface area contributed by atoms with Crippen LogP contribution < -0.4 is 10.6 Å². The lowest BCUT2D eigenvalue weighted by molar-refractivity contribution is -0.135. The number of aromatic amines is 2. The van der Waals surface area contributed by atoms with Crippen molar-refractivity contribution in [3.8, 4) is 44.8 Å².